The summed E-state index contributed by atoms with van der Waals surface area (Å²) in [4.78, 5) is 42.5. The second-order valence-electron chi connectivity index (χ2n) is 6.97. The third-order valence-electron chi connectivity index (χ3n) is 4.52. The Bertz CT molecular complexity index is 943. The molecule has 27 heavy (non-hydrogen) atoms. The second-order valence-corrected chi connectivity index (χ2v) is 6.97. The summed E-state index contributed by atoms with van der Waals surface area (Å²) in [5, 5.41) is 7.23. The van der Waals surface area contributed by atoms with Crippen molar-refractivity contribution in [1.29, 1.82) is 0 Å². The highest BCUT2D eigenvalue weighted by Gasteiger charge is 2.23. The number of nitrogens with one attached hydrogen (secondary N) is 2. The third-order valence-corrected chi connectivity index (χ3v) is 4.52. The zero-order valence-electron chi connectivity index (χ0n) is 16.0. The summed E-state index contributed by atoms with van der Waals surface area (Å²) in [6.07, 6.45) is 0. The molecule has 0 spiro atoms. The van der Waals surface area contributed by atoms with Crippen LogP contribution in [0.25, 0.3) is 0 Å². The second kappa shape index (κ2) is 7.26. The molecule has 2 N–H and O–H groups in total. The number of carbonyl (C=O) groups is 2. The molecule has 3 amide bonds. The summed E-state index contributed by atoms with van der Waals surface area (Å²) in [5.41, 5.74) is 2.69. The van der Waals surface area contributed by atoms with E-state index in [0.717, 1.165) is 5.69 Å². The number of aromatic nitrogens is 3. The van der Waals surface area contributed by atoms with Gasteiger partial charge in [0.05, 0.1) is 31.0 Å². The lowest BCUT2D eigenvalue weighted by molar-refractivity contribution is 0.0948. The topological polar surface area (TPSA) is 103 Å². The van der Waals surface area contributed by atoms with Gasteiger partial charge >= 0.3 is 6.03 Å². The van der Waals surface area contributed by atoms with Gasteiger partial charge in [0.2, 0.25) is 0 Å². The maximum atomic E-state index is 12.4. The van der Waals surface area contributed by atoms with Crippen LogP contribution in [0.15, 0.2) is 16.9 Å². The standard InChI is InChI=1S/C18H24N6O3/c1-11-7-12(2)20-17(26)15(11)16(25)19-9-13-8-14-10-23(18(27)22(3)4)5-6-24(14)21-13/h7-8H,5-6,9-10H2,1-4H3,(H,19,25)(H,20,26). The van der Waals surface area contributed by atoms with Gasteiger partial charge in [0, 0.05) is 26.3 Å². The van der Waals surface area contributed by atoms with Crippen molar-refractivity contribution in [3.8, 4) is 0 Å². The van der Waals surface area contributed by atoms with Gasteiger partial charge in [-0.1, -0.05) is 0 Å². The molecule has 1 aliphatic rings. The summed E-state index contributed by atoms with van der Waals surface area (Å²) >= 11 is 0. The number of nitrogens with zero attached hydrogens (tertiary/aromatic N) is 4. The van der Waals surface area contributed by atoms with E-state index in [0.29, 0.717) is 36.6 Å². The average molecular weight is 372 g/mol. The van der Waals surface area contributed by atoms with Crippen LogP contribution in [0.5, 0.6) is 0 Å². The van der Waals surface area contributed by atoms with Gasteiger partial charge in [0.15, 0.2) is 0 Å². The van der Waals surface area contributed by atoms with Crippen LogP contribution in [0, 0.1) is 13.8 Å². The van der Waals surface area contributed by atoms with Crippen LogP contribution in [0.2, 0.25) is 0 Å². The van der Waals surface area contributed by atoms with Crippen LogP contribution in [-0.4, -0.2) is 57.1 Å². The maximum Gasteiger partial charge on any atom is 0.319 e. The molecule has 144 valence electrons. The highest BCUT2D eigenvalue weighted by molar-refractivity contribution is 5.95. The van der Waals surface area contributed by atoms with Crippen molar-refractivity contribution in [2.24, 2.45) is 0 Å². The Morgan fingerprint density at radius 3 is 2.67 bits per heavy atom. The molecule has 1 aliphatic heterocycles. The van der Waals surface area contributed by atoms with Crippen LogP contribution in [0.1, 0.15) is 33.0 Å². The lowest BCUT2D eigenvalue weighted by Gasteiger charge is -2.29. The quantitative estimate of drug-likeness (QED) is 0.824. The number of hydrogen-bond acceptors (Lipinski definition) is 4. The number of aromatic amines is 1. The fourth-order valence-electron chi connectivity index (χ4n) is 3.25. The van der Waals surface area contributed by atoms with Crippen molar-refractivity contribution in [3.63, 3.8) is 0 Å². The molecule has 2 aromatic rings. The van der Waals surface area contributed by atoms with Gasteiger partial charge in [-0.05, 0) is 31.5 Å². The first-order valence-electron chi connectivity index (χ1n) is 8.77. The number of aryl methyl sites for hydroxylation is 2. The Hall–Kier alpha value is -3.10. The van der Waals surface area contributed by atoms with Crippen molar-refractivity contribution in [2.75, 3.05) is 20.6 Å². The lowest BCUT2D eigenvalue weighted by Crippen LogP contribution is -2.43. The van der Waals surface area contributed by atoms with Gasteiger partial charge in [-0.25, -0.2) is 4.79 Å². The molecule has 0 saturated carbocycles. The maximum absolute atomic E-state index is 12.4. The van der Waals surface area contributed by atoms with Crippen molar-refractivity contribution in [1.82, 2.24) is 29.9 Å². The normalized spacial score (nSPS) is 13.3. The first kappa shape index (κ1) is 18.7. The average Bonchev–Trinajstić information content (AvgIpc) is 3.00. The summed E-state index contributed by atoms with van der Waals surface area (Å²) < 4.78 is 1.85. The van der Waals surface area contributed by atoms with Gasteiger partial charge in [-0.2, -0.15) is 5.10 Å². The van der Waals surface area contributed by atoms with E-state index in [2.05, 4.69) is 15.4 Å². The Balaban J connectivity index is 1.68. The van der Waals surface area contributed by atoms with Crippen LogP contribution >= 0.6 is 0 Å². The largest absolute Gasteiger partial charge is 0.346 e. The predicted octanol–water partition coefficient (Wildman–Crippen LogP) is 0.615. The monoisotopic (exact) mass is 372 g/mol. The van der Waals surface area contributed by atoms with Gasteiger partial charge in [0.1, 0.15) is 5.56 Å². The van der Waals surface area contributed by atoms with Gasteiger partial charge < -0.3 is 20.1 Å². The number of rotatable bonds is 3. The highest BCUT2D eigenvalue weighted by Crippen LogP contribution is 2.15. The van der Waals surface area contributed by atoms with E-state index in [1.807, 2.05) is 10.7 Å². The van der Waals surface area contributed by atoms with E-state index in [9.17, 15) is 14.4 Å². The Morgan fingerprint density at radius 2 is 2.00 bits per heavy atom. The van der Waals surface area contributed by atoms with Gasteiger partial charge in [-0.15, -0.1) is 0 Å². The minimum Gasteiger partial charge on any atom is -0.346 e. The van der Waals surface area contributed by atoms with E-state index in [1.165, 1.54) is 0 Å². The summed E-state index contributed by atoms with van der Waals surface area (Å²) in [7, 11) is 3.45. The first-order chi connectivity index (χ1) is 12.8. The highest BCUT2D eigenvalue weighted by atomic mass is 16.2. The van der Waals surface area contributed by atoms with Gasteiger partial charge in [0.25, 0.3) is 11.5 Å². The molecule has 3 rings (SSSR count). The molecule has 3 heterocycles. The minimum atomic E-state index is -0.427. The molecule has 9 nitrogen and oxygen atoms in total. The Morgan fingerprint density at radius 1 is 1.26 bits per heavy atom. The summed E-state index contributed by atoms with van der Waals surface area (Å²) in [6.45, 7) is 5.41. The first-order valence-corrected chi connectivity index (χ1v) is 8.77. The number of pyridine rings is 1. The molecular weight excluding hydrogens is 348 g/mol. The number of hydrogen-bond donors (Lipinski definition) is 2. The summed E-state index contributed by atoms with van der Waals surface area (Å²) in [6, 6.07) is 3.61. The van der Waals surface area contributed by atoms with Crippen LogP contribution in [0.3, 0.4) is 0 Å². The Kier molecular flexibility index (Phi) is 5.02. The lowest BCUT2D eigenvalue weighted by atomic mass is 10.1. The molecule has 2 aromatic heterocycles. The van der Waals surface area contributed by atoms with E-state index in [-0.39, 0.29) is 18.1 Å². The molecule has 0 aromatic carbocycles. The molecule has 0 atom stereocenters. The molecule has 0 radical (unpaired) electrons. The van der Waals surface area contributed by atoms with Crippen LogP contribution in [0.4, 0.5) is 4.79 Å². The van der Waals surface area contributed by atoms with Crippen molar-refractivity contribution < 1.29 is 9.59 Å². The summed E-state index contributed by atoms with van der Waals surface area (Å²) in [5.74, 6) is -0.427. The van der Waals surface area contributed by atoms with E-state index < -0.39 is 11.5 Å². The number of carbonyl (C=O) groups excluding carboxylic acids is 2. The predicted molar refractivity (Wildman–Crippen MR) is 99.4 cm³/mol. The molecule has 0 aliphatic carbocycles. The minimum absolute atomic E-state index is 0.0358. The fraction of sp³-hybridized carbons (Fsp3) is 0.444. The van der Waals surface area contributed by atoms with E-state index in [4.69, 9.17) is 0 Å². The zero-order chi connectivity index (χ0) is 19.7. The third kappa shape index (κ3) is 3.86. The van der Waals surface area contributed by atoms with Crippen molar-refractivity contribution >= 4 is 11.9 Å². The Labute approximate surface area is 157 Å². The molecule has 9 heteroatoms. The number of H-pyrrole nitrogens is 1. The van der Waals surface area contributed by atoms with E-state index >= 15 is 0 Å². The number of amides is 3. The molecule has 0 bridgehead atoms. The number of fused-ring (bicyclic) bond motifs is 1. The fourth-order valence-corrected chi connectivity index (χ4v) is 3.25. The molecule has 0 saturated heterocycles. The molecule has 0 fully saturated rings. The van der Waals surface area contributed by atoms with Crippen molar-refractivity contribution in [3.05, 3.63) is 50.7 Å². The van der Waals surface area contributed by atoms with Gasteiger partial charge in [-0.3, -0.25) is 14.3 Å². The zero-order valence-corrected chi connectivity index (χ0v) is 16.0. The smallest absolute Gasteiger partial charge is 0.319 e. The molecular formula is C18H24N6O3. The molecule has 0 unspecified atom stereocenters. The SMILES string of the molecule is Cc1cc(C)c(C(=O)NCc2cc3n(n2)CCN(C(=O)N(C)C)C3)c(=O)[nH]1. The van der Waals surface area contributed by atoms with Crippen LogP contribution < -0.4 is 10.9 Å². The van der Waals surface area contributed by atoms with E-state index in [1.54, 1.807) is 43.8 Å². The van der Waals surface area contributed by atoms with Crippen molar-refractivity contribution in [2.45, 2.75) is 33.5 Å². The van der Waals surface area contributed by atoms with Crippen LogP contribution in [-0.2, 0) is 19.6 Å². The number of urea groups is 1.